The molecule has 0 radical (unpaired) electrons. The van der Waals surface area contributed by atoms with Gasteiger partial charge in [0, 0.05) is 24.3 Å². The van der Waals surface area contributed by atoms with Gasteiger partial charge in [-0.05, 0) is 62.6 Å². The fourth-order valence-electron chi connectivity index (χ4n) is 3.42. The van der Waals surface area contributed by atoms with Crippen LogP contribution < -0.4 is 5.32 Å². The van der Waals surface area contributed by atoms with Gasteiger partial charge >= 0.3 is 0 Å². The minimum atomic E-state index is 0.00431. The number of benzene rings is 1. The van der Waals surface area contributed by atoms with E-state index in [0.29, 0.717) is 11.5 Å². The molecular formula is C20H26N4O2. The number of aromatic nitrogens is 3. The van der Waals surface area contributed by atoms with E-state index in [4.69, 9.17) is 4.74 Å². The summed E-state index contributed by atoms with van der Waals surface area (Å²) < 4.78 is 7.64. The topological polar surface area (TPSA) is 69.0 Å². The monoisotopic (exact) mass is 354 g/mol. The van der Waals surface area contributed by atoms with Crippen LogP contribution in [0.2, 0.25) is 0 Å². The van der Waals surface area contributed by atoms with E-state index in [1.165, 1.54) is 19.3 Å². The zero-order chi connectivity index (χ0) is 17.9. The van der Waals surface area contributed by atoms with E-state index in [-0.39, 0.29) is 12.0 Å². The van der Waals surface area contributed by atoms with Crippen LogP contribution in [0.15, 0.2) is 24.4 Å². The lowest BCUT2D eigenvalue weighted by Gasteiger charge is -2.21. The van der Waals surface area contributed by atoms with E-state index in [9.17, 15) is 4.79 Å². The highest BCUT2D eigenvalue weighted by Gasteiger charge is 2.22. The lowest BCUT2D eigenvalue weighted by Crippen LogP contribution is -2.25. The Hall–Kier alpha value is -2.21. The van der Waals surface area contributed by atoms with Gasteiger partial charge in [-0.2, -0.15) is 0 Å². The van der Waals surface area contributed by atoms with Crippen LogP contribution in [-0.2, 0) is 11.3 Å². The summed E-state index contributed by atoms with van der Waals surface area (Å²) in [6.45, 7) is 4.39. The molecule has 0 bridgehead atoms. The highest BCUT2D eigenvalue weighted by atomic mass is 16.5. The number of aryl methyl sites for hydroxylation is 1. The largest absolute Gasteiger partial charge is 0.376 e. The average Bonchev–Trinajstić information content (AvgIpc) is 3.38. The predicted molar refractivity (Wildman–Crippen MR) is 98.8 cm³/mol. The number of hydrogen-bond donors (Lipinski definition) is 1. The average molecular weight is 354 g/mol. The molecule has 1 aromatic carbocycles. The molecule has 1 aliphatic heterocycles. The van der Waals surface area contributed by atoms with Gasteiger partial charge in [-0.3, -0.25) is 4.79 Å². The smallest absolute Gasteiger partial charge is 0.251 e. The van der Waals surface area contributed by atoms with Gasteiger partial charge in [-0.15, -0.1) is 5.10 Å². The first kappa shape index (κ1) is 17.2. The lowest BCUT2D eigenvalue weighted by molar-refractivity contribution is 0.00370. The maximum absolute atomic E-state index is 12.2. The van der Waals surface area contributed by atoms with Crippen molar-refractivity contribution in [1.29, 1.82) is 0 Å². The third-order valence-corrected chi connectivity index (χ3v) is 5.22. The van der Waals surface area contributed by atoms with E-state index < -0.39 is 0 Å². The first-order valence-electron chi connectivity index (χ1n) is 9.60. The fraction of sp³-hybridized carbons (Fsp3) is 0.550. The highest BCUT2D eigenvalue weighted by molar-refractivity contribution is 5.95. The van der Waals surface area contributed by atoms with Crippen molar-refractivity contribution in [3.05, 3.63) is 35.5 Å². The van der Waals surface area contributed by atoms with Crippen molar-refractivity contribution in [2.75, 3.05) is 13.2 Å². The standard InChI is InChI=1S/C20H26N4O2/c1-14-10-16(20(25)21-11-15-5-6-15)7-8-18(14)19-13-24(23-22-19)12-17-4-2-3-9-26-17/h7-8,10,13,15,17H,2-6,9,11-12H2,1H3,(H,21,25). The van der Waals surface area contributed by atoms with Crippen molar-refractivity contribution in [1.82, 2.24) is 20.3 Å². The molecule has 1 saturated heterocycles. The number of amides is 1. The Balaban J connectivity index is 1.42. The summed E-state index contributed by atoms with van der Waals surface area (Å²) >= 11 is 0. The number of rotatable bonds is 6. The summed E-state index contributed by atoms with van der Waals surface area (Å²) in [7, 11) is 0. The second kappa shape index (κ2) is 7.58. The van der Waals surface area contributed by atoms with Gasteiger partial charge in [0.2, 0.25) is 0 Å². The maximum Gasteiger partial charge on any atom is 0.251 e. The summed E-state index contributed by atoms with van der Waals surface area (Å²) in [6.07, 6.45) is 8.12. The van der Waals surface area contributed by atoms with Crippen molar-refractivity contribution in [2.24, 2.45) is 5.92 Å². The molecule has 1 amide bonds. The number of ether oxygens (including phenoxy) is 1. The Kier molecular flexibility index (Phi) is 5.02. The first-order valence-corrected chi connectivity index (χ1v) is 9.60. The van der Waals surface area contributed by atoms with Gasteiger partial charge in [0.1, 0.15) is 5.69 Å². The number of carbonyl (C=O) groups excluding carboxylic acids is 1. The molecule has 1 atom stereocenters. The molecule has 2 aliphatic rings. The quantitative estimate of drug-likeness (QED) is 0.866. The molecule has 2 aromatic rings. The summed E-state index contributed by atoms with van der Waals surface area (Å²) in [5, 5.41) is 11.6. The van der Waals surface area contributed by atoms with Crippen LogP contribution in [0.25, 0.3) is 11.3 Å². The van der Waals surface area contributed by atoms with Gasteiger partial charge in [0.25, 0.3) is 5.91 Å². The van der Waals surface area contributed by atoms with Crippen molar-refractivity contribution in [2.45, 2.75) is 51.7 Å². The molecule has 138 valence electrons. The van der Waals surface area contributed by atoms with Crippen LogP contribution in [-0.4, -0.2) is 40.2 Å². The van der Waals surface area contributed by atoms with Crippen LogP contribution in [0.3, 0.4) is 0 Å². The van der Waals surface area contributed by atoms with E-state index in [2.05, 4.69) is 15.6 Å². The van der Waals surface area contributed by atoms with E-state index in [0.717, 1.165) is 49.4 Å². The van der Waals surface area contributed by atoms with Gasteiger partial charge in [-0.25, -0.2) is 4.68 Å². The molecule has 1 unspecified atom stereocenters. The SMILES string of the molecule is Cc1cc(C(=O)NCC2CC2)ccc1-c1cn(CC2CCCCO2)nn1. The number of nitrogens with one attached hydrogen (secondary N) is 1. The van der Waals surface area contributed by atoms with E-state index in [1.54, 1.807) is 0 Å². The minimum absolute atomic E-state index is 0.00431. The van der Waals surface area contributed by atoms with Gasteiger partial charge in [0.05, 0.1) is 18.8 Å². The van der Waals surface area contributed by atoms with E-state index >= 15 is 0 Å². The molecule has 4 rings (SSSR count). The van der Waals surface area contributed by atoms with E-state index in [1.807, 2.05) is 36.0 Å². The summed E-state index contributed by atoms with van der Waals surface area (Å²) in [4.78, 5) is 12.2. The van der Waals surface area contributed by atoms with Crippen molar-refractivity contribution in [3.8, 4) is 11.3 Å². The molecule has 1 aliphatic carbocycles. The molecule has 2 heterocycles. The Morgan fingerprint density at radius 3 is 2.92 bits per heavy atom. The molecule has 26 heavy (non-hydrogen) atoms. The molecular weight excluding hydrogens is 328 g/mol. The number of nitrogens with zero attached hydrogens (tertiary/aromatic N) is 3. The first-order chi connectivity index (χ1) is 12.7. The van der Waals surface area contributed by atoms with Crippen LogP contribution in [0.4, 0.5) is 0 Å². The number of hydrogen-bond acceptors (Lipinski definition) is 4. The van der Waals surface area contributed by atoms with Crippen LogP contribution in [0.1, 0.15) is 48.0 Å². The Morgan fingerprint density at radius 2 is 2.19 bits per heavy atom. The lowest BCUT2D eigenvalue weighted by atomic mass is 10.0. The second-order valence-corrected chi connectivity index (χ2v) is 7.50. The molecule has 1 aromatic heterocycles. The summed E-state index contributed by atoms with van der Waals surface area (Å²) in [5.74, 6) is 0.687. The molecule has 1 saturated carbocycles. The predicted octanol–water partition coefficient (Wildman–Crippen LogP) is 2.96. The fourth-order valence-corrected chi connectivity index (χ4v) is 3.42. The van der Waals surface area contributed by atoms with Crippen LogP contribution in [0, 0.1) is 12.8 Å². The number of carbonyl (C=O) groups is 1. The van der Waals surface area contributed by atoms with Crippen molar-refractivity contribution >= 4 is 5.91 Å². The van der Waals surface area contributed by atoms with Crippen molar-refractivity contribution in [3.63, 3.8) is 0 Å². The van der Waals surface area contributed by atoms with Gasteiger partial charge in [-0.1, -0.05) is 11.3 Å². The zero-order valence-electron chi connectivity index (χ0n) is 15.3. The van der Waals surface area contributed by atoms with Crippen LogP contribution in [0.5, 0.6) is 0 Å². The second-order valence-electron chi connectivity index (χ2n) is 7.50. The normalized spacial score (nSPS) is 20.1. The third kappa shape index (κ3) is 4.12. The minimum Gasteiger partial charge on any atom is -0.376 e. The van der Waals surface area contributed by atoms with Crippen LogP contribution >= 0.6 is 0 Å². The highest BCUT2D eigenvalue weighted by Crippen LogP contribution is 2.28. The Morgan fingerprint density at radius 1 is 1.31 bits per heavy atom. The molecule has 0 spiro atoms. The zero-order valence-corrected chi connectivity index (χ0v) is 15.3. The maximum atomic E-state index is 12.2. The molecule has 1 N–H and O–H groups in total. The van der Waals surface area contributed by atoms with Gasteiger partial charge < -0.3 is 10.1 Å². The Bertz CT molecular complexity index is 776. The van der Waals surface area contributed by atoms with Crippen molar-refractivity contribution < 1.29 is 9.53 Å². The Labute approximate surface area is 153 Å². The molecule has 6 nitrogen and oxygen atoms in total. The molecule has 6 heteroatoms. The van der Waals surface area contributed by atoms with Gasteiger partial charge in [0.15, 0.2) is 0 Å². The summed E-state index contributed by atoms with van der Waals surface area (Å²) in [6, 6.07) is 5.77. The molecule has 2 fully saturated rings. The summed E-state index contributed by atoms with van der Waals surface area (Å²) in [5.41, 5.74) is 3.59. The third-order valence-electron chi connectivity index (χ3n) is 5.22.